The molecule has 1 heterocycles. The lowest BCUT2D eigenvalue weighted by Gasteiger charge is -2.28. The lowest BCUT2D eigenvalue weighted by Crippen LogP contribution is -2.11. The van der Waals surface area contributed by atoms with Crippen molar-refractivity contribution in [2.24, 2.45) is 0 Å². The predicted octanol–water partition coefficient (Wildman–Crippen LogP) is 16.6. The molecule has 0 aliphatic rings. The zero-order chi connectivity index (χ0) is 41.2. The van der Waals surface area contributed by atoms with Crippen molar-refractivity contribution < 1.29 is 0 Å². The quantitative estimate of drug-likeness (QED) is 0.141. The molecule has 0 unspecified atom stereocenters. The Labute approximate surface area is 362 Å². The van der Waals surface area contributed by atoms with E-state index in [4.69, 9.17) is 0 Å². The van der Waals surface area contributed by atoms with Gasteiger partial charge < -0.3 is 9.47 Å². The largest absolute Gasteiger partial charge is 0.310 e. The zero-order valence-electron chi connectivity index (χ0n) is 34.1. The number of hydrogen-bond acceptors (Lipinski definition) is 1. The van der Waals surface area contributed by atoms with Crippen LogP contribution in [0.15, 0.2) is 255 Å². The molecule has 1 aromatic heterocycles. The summed E-state index contributed by atoms with van der Waals surface area (Å²) in [6.45, 7) is 0. The molecule has 0 amide bonds. The molecule has 10 aromatic carbocycles. The smallest absolute Gasteiger partial charge is 0.0561 e. The number of nitrogens with zero attached hydrogens (tertiary/aromatic N) is 2. The number of fused-ring (bicyclic) bond motifs is 3. The van der Waals surface area contributed by atoms with E-state index >= 15 is 0 Å². The molecule has 0 radical (unpaired) electrons. The number of aromatic nitrogens is 1. The number of anilines is 3. The van der Waals surface area contributed by atoms with Gasteiger partial charge in [-0.05, 0) is 105 Å². The average molecular weight is 791 g/mol. The molecule has 2 heteroatoms. The first-order chi connectivity index (χ1) is 30.8. The lowest BCUT2D eigenvalue weighted by molar-refractivity contribution is 1.18. The molecule has 11 aromatic rings. The van der Waals surface area contributed by atoms with Gasteiger partial charge in [0.1, 0.15) is 0 Å². The van der Waals surface area contributed by atoms with Crippen molar-refractivity contribution in [1.82, 2.24) is 4.57 Å². The van der Waals surface area contributed by atoms with E-state index in [1.165, 1.54) is 60.8 Å². The molecule has 0 saturated carbocycles. The Morgan fingerprint density at radius 2 is 0.758 bits per heavy atom. The van der Waals surface area contributed by atoms with Crippen molar-refractivity contribution in [3.05, 3.63) is 255 Å². The van der Waals surface area contributed by atoms with Crippen LogP contribution in [0.4, 0.5) is 17.1 Å². The van der Waals surface area contributed by atoms with E-state index in [0.29, 0.717) is 0 Å². The van der Waals surface area contributed by atoms with E-state index in [2.05, 4.69) is 264 Å². The van der Waals surface area contributed by atoms with Crippen LogP contribution in [-0.4, -0.2) is 4.57 Å². The van der Waals surface area contributed by atoms with Crippen LogP contribution in [0.1, 0.15) is 0 Å². The van der Waals surface area contributed by atoms with Gasteiger partial charge in [-0.1, -0.05) is 200 Å². The third-order valence-electron chi connectivity index (χ3n) is 12.0. The first kappa shape index (κ1) is 36.8. The van der Waals surface area contributed by atoms with Crippen LogP contribution in [0.5, 0.6) is 0 Å². The second-order valence-electron chi connectivity index (χ2n) is 15.7. The van der Waals surface area contributed by atoms with Crippen LogP contribution in [-0.2, 0) is 0 Å². The first-order valence-electron chi connectivity index (χ1n) is 21.3. The molecule has 0 atom stereocenters. The van der Waals surface area contributed by atoms with Crippen molar-refractivity contribution in [3.8, 4) is 61.3 Å². The Balaban J connectivity index is 1.08. The number of benzene rings is 10. The van der Waals surface area contributed by atoms with Crippen LogP contribution in [0.25, 0.3) is 83.1 Å². The maximum Gasteiger partial charge on any atom is 0.0561 e. The van der Waals surface area contributed by atoms with Gasteiger partial charge in [0, 0.05) is 33.4 Å². The zero-order valence-corrected chi connectivity index (χ0v) is 34.1. The van der Waals surface area contributed by atoms with Crippen molar-refractivity contribution in [2.75, 3.05) is 4.90 Å². The van der Waals surface area contributed by atoms with Crippen LogP contribution < -0.4 is 4.90 Å². The maximum atomic E-state index is 2.44. The van der Waals surface area contributed by atoms with Crippen LogP contribution >= 0.6 is 0 Å². The molecule has 0 aliphatic heterocycles. The van der Waals surface area contributed by atoms with Crippen molar-refractivity contribution in [2.45, 2.75) is 0 Å². The molecule has 11 rings (SSSR count). The molecule has 0 aliphatic carbocycles. The highest BCUT2D eigenvalue weighted by Gasteiger charge is 2.21. The van der Waals surface area contributed by atoms with Gasteiger partial charge in [0.25, 0.3) is 0 Å². The summed E-state index contributed by atoms with van der Waals surface area (Å²) in [6, 6.07) is 92.1. The van der Waals surface area contributed by atoms with Gasteiger partial charge in [0.15, 0.2) is 0 Å². The van der Waals surface area contributed by atoms with E-state index in [-0.39, 0.29) is 0 Å². The topological polar surface area (TPSA) is 8.17 Å². The van der Waals surface area contributed by atoms with Crippen molar-refractivity contribution >= 4 is 38.9 Å². The van der Waals surface area contributed by atoms with Gasteiger partial charge in [-0.3, -0.25) is 0 Å². The fourth-order valence-corrected chi connectivity index (χ4v) is 9.04. The van der Waals surface area contributed by atoms with Gasteiger partial charge in [0.2, 0.25) is 0 Å². The molecular weight excluding hydrogens is 749 g/mol. The van der Waals surface area contributed by atoms with E-state index in [0.717, 1.165) is 39.4 Å². The monoisotopic (exact) mass is 790 g/mol. The second kappa shape index (κ2) is 16.1. The van der Waals surface area contributed by atoms with Crippen LogP contribution in [0.3, 0.4) is 0 Å². The number of rotatable bonds is 9. The van der Waals surface area contributed by atoms with Gasteiger partial charge >= 0.3 is 0 Å². The highest BCUT2D eigenvalue weighted by molar-refractivity contribution is 6.10. The van der Waals surface area contributed by atoms with Gasteiger partial charge in [-0.25, -0.2) is 0 Å². The standard InChI is InChI=1S/C60H42N2/c1-5-18-43(19-6-1)44-32-34-45(35-33-44)48-36-39-59(57(41-48)47-22-9-3-10-23-47)61(50-25-11-4-12-26-50)52-37-38-56-55-30-15-16-31-58(55)62(60(56)42-52)51-27-17-24-49(40-51)54-29-14-13-28-53(54)46-20-7-2-8-21-46/h1-42H. The molecule has 62 heavy (non-hydrogen) atoms. The summed E-state index contributed by atoms with van der Waals surface area (Å²) in [4.78, 5) is 2.42. The summed E-state index contributed by atoms with van der Waals surface area (Å²) in [6.07, 6.45) is 0. The van der Waals surface area contributed by atoms with Gasteiger partial charge in [0.05, 0.1) is 16.7 Å². The average Bonchev–Trinajstić information content (AvgIpc) is 3.69. The lowest BCUT2D eigenvalue weighted by atomic mass is 9.94. The van der Waals surface area contributed by atoms with Gasteiger partial charge in [-0.15, -0.1) is 0 Å². The summed E-state index contributed by atoms with van der Waals surface area (Å²) < 4.78 is 2.44. The third kappa shape index (κ3) is 6.84. The Morgan fingerprint density at radius 3 is 1.45 bits per heavy atom. The molecule has 0 saturated heterocycles. The minimum absolute atomic E-state index is 1.08. The third-order valence-corrected chi connectivity index (χ3v) is 12.0. The Hall–Kier alpha value is -8.20. The second-order valence-corrected chi connectivity index (χ2v) is 15.7. The molecule has 2 nitrogen and oxygen atoms in total. The SMILES string of the molecule is c1ccc(-c2ccc(-c3ccc(N(c4ccccc4)c4ccc5c6ccccc6n(-c6cccc(-c7ccccc7-c7ccccc7)c6)c5c4)c(-c4ccccc4)c3)cc2)cc1. The van der Waals surface area contributed by atoms with Crippen molar-refractivity contribution in [3.63, 3.8) is 0 Å². The van der Waals surface area contributed by atoms with Crippen LogP contribution in [0.2, 0.25) is 0 Å². The molecule has 292 valence electrons. The fourth-order valence-electron chi connectivity index (χ4n) is 9.04. The fraction of sp³-hybridized carbons (Fsp3) is 0. The molecule has 0 fully saturated rings. The number of para-hydroxylation sites is 2. The summed E-state index contributed by atoms with van der Waals surface area (Å²) in [7, 11) is 0. The Kier molecular flexibility index (Phi) is 9.57. The van der Waals surface area contributed by atoms with Crippen LogP contribution in [0, 0.1) is 0 Å². The van der Waals surface area contributed by atoms with E-state index in [9.17, 15) is 0 Å². The highest BCUT2D eigenvalue weighted by atomic mass is 15.1. The Bertz CT molecular complexity index is 3310. The van der Waals surface area contributed by atoms with Crippen molar-refractivity contribution in [1.29, 1.82) is 0 Å². The minimum Gasteiger partial charge on any atom is -0.310 e. The molecular formula is C60H42N2. The Morgan fingerprint density at radius 1 is 0.258 bits per heavy atom. The summed E-state index contributed by atoms with van der Waals surface area (Å²) in [5, 5.41) is 2.44. The summed E-state index contributed by atoms with van der Waals surface area (Å²) in [5.74, 6) is 0. The normalized spacial score (nSPS) is 11.2. The van der Waals surface area contributed by atoms with Gasteiger partial charge in [-0.2, -0.15) is 0 Å². The molecule has 0 N–H and O–H groups in total. The summed E-state index contributed by atoms with van der Waals surface area (Å²) >= 11 is 0. The van der Waals surface area contributed by atoms with E-state index in [1.807, 2.05) is 0 Å². The highest BCUT2D eigenvalue weighted by Crippen LogP contribution is 2.45. The minimum atomic E-state index is 1.08. The maximum absolute atomic E-state index is 2.44. The van der Waals surface area contributed by atoms with E-state index in [1.54, 1.807) is 0 Å². The predicted molar refractivity (Wildman–Crippen MR) is 263 cm³/mol. The summed E-state index contributed by atoms with van der Waals surface area (Å²) in [5.41, 5.74) is 18.6. The van der Waals surface area contributed by atoms with E-state index < -0.39 is 0 Å². The molecule has 0 bridgehead atoms. The molecule has 0 spiro atoms. The first-order valence-corrected chi connectivity index (χ1v) is 21.3. The number of hydrogen-bond donors (Lipinski definition) is 0.